The number of hydroxylamine groups is 1. The van der Waals surface area contributed by atoms with Crippen molar-refractivity contribution in [2.75, 3.05) is 6.54 Å². The van der Waals surface area contributed by atoms with Crippen LogP contribution in [0.4, 0.5) is 0 Å². The van der Waals surface area contributed by atoms with Crippen molar-refractivity contribution < 1.29 is 54.7 Å². The molecule has 5 rings (SSSR count). The van der Waals surface area contributed by atoms with Crippen molar-refractivity contribution in [1.82, 2.24) is 32.1 Å². The third-order valence-corrected chi connectivity index (χ3v) is 10.5. The molecule has 0 radical (unpaired) electrons. The number of aromatic hydroxyl groups is 5. The molecule has 0 aliphatic heterocycles. The lowest BCUT2D eigenvalue weighted by Crippen LogP contribution is -2.60. The number of phenolic OH excluding ortho intramolecular Hbond substituents is 5. The Morgan fingerprint density at radius 2 is 0.585 bits per heavy atom. The van der Waals surface area contributed by atoms with Crippen molar-refractivity contribution in [2.24, 2.45) is 0 Å². The summed E-state index contributed by atoms with van der Waals surface area (Å²) in [7, 11) is 0. The molecule has 0 bridgehead atoms. The van der Waals surface area contributed by atoms with Crippen LogP contribution in [0.15, 0.2) is 121 Å². The number of phenols is 5. The molecule has 5 aromatic carbocycles. The number of nitrogens with one attached hydrogen (secondary N) is 6. The summed E-state index contributed by atoms with van der Waals surface area (Å²) in [6, 6.07) is 23.8. The van der Waals surface area contributed by atoms with E-state index in [0.29, 0.717) is 35.2 Å². The number of benzene rings is 5. The normalized spacial score (nSPS) is 13.3. The van der Waals surface area contributed by atoms with E-state index in [2.05, 4.69) is 26.6 Å². The smallest absolute Gasteiger partial charge is 0.266 e. The molecule has 0 saturated carbocycles. The van der Waals surface area contributed by atoms with Crippen molar-refractivity contribution in [1.29, 1.82) is 0 Å². The molecule has 0 heterocycles. The fraction of sp³-hybridized carbons (Fsp3) is 0.271. The summed E-state index contributed by atoms with van der Waals surface area (Å²) in [5, 5.41) is 73.1. The molecule has 5 aromatic rings. The minimum absolute atomic E-state index is 0.0169. The molecule has 0 saturated heterocycles. The van der Waals surface area contributed by atoms with Crippen LogP contribution in [0.25, 0.3) is 0 Å². The first-order chi connectivity index (χ1) is 31.2. The van der Waals surface area contributed by atoms with Gasteiger partial charge in [-0.05, 0) is 108 Å². The summed E-state index contributed by atoms with van der Waals surface area (Å²) in [6.45, 7) is 2.41. The Kier molecular flexibility index (Phi) is 17.7. The van der Waals surface area contributed by atoms with E-state index in [1.54, 1.807) is 41.9 Å². The zero-order valence-electron chi connectivity index (χ0n) is 35.6. The zero-order chi connectivity index (χ0) is 46.9. The fourth-order valence-electron chi connectivity index (χ4n) is 6.92. The lowest BCUT2D eigenvalue weighted by molar-refractivity contribution is -0.136. The molecule has 5 amide bonds. The highest BCUT2D eigenvalue weighted by atomic mass is 16.5. The fourth-order valence-corrected chi connectivity index (χ4v) is 6.92. The minimum Gasteiger partial charge on any atom is -0.508 e. The van der Waals surface area contributed by atoms with Gasteiger partial charge in [0.2, 0.25) is 23.6 Å². The Hall–Kier alpha value is -7.63. The van der Waals surface area contributed by atoms with Crippen LogP contribution in [0.2, 0.25) is 0 Å². The lowest BCUT2D eigenvalue weighted by atomic mass is 9.99. The van der Waals surface area contributed by atoms with Crippen molar-refractivity contribution in [3.8, 4) is 28.7 Å². The summed E-state index contributed by atoms with van der Waals surface area (Å²) in [5.74, 6) is -4.02. The van der Waals surface area contributed by atoms with Crippen LogP contribution in [-0.2, 0) is 56.1 Å². The molecule has 342 valence electrons. The van der Waals surface area contributed by atoms with Crippen LogP contribution < -0.4 is 32.1 Å². The van der Waals surface area contributed by atoms with Crippen LogP contribution in [0.5, 0.6) is 28.7 Å². The molecular formula is C48H54N6O11. The minimum atomic E-state index is -1.40. The molecule has 17 heteroatoms. The summed E-state index contributed by atoms with van der Waals surface area (Å²) in [5.41, 5.74) is 4.38. The maximum Gasteiger partial charge on any atom is 0.266 e. The van der Waals surface area contributed by atoms with Crippen LogP contribution in [0.1, 0.15) is 41.2 Å². The first kappa shape index (κ1) is 48.4. The first-order valence-corrected chi connectivity index (χ1v) is 21.0. The molecule has 0 unspecified atom stereocenters. The second kappa shape index (κ2) is 23.7. The Labute approximate surface area is 375 Å². The molecule has 0 fully saturated rings. The van der Waals surface area contributed by atoms with Crippen LogP contribution >= 0.6 is 0 Å². The average molecular weight is 891 g/mol. The molecule has 0 aliphatic carbocycles. The van der Waals surface area contributed by atoms with Gasteiger partial charge in [0.05, 0.1) is 6.04 Å². The van der Waals surface area contributed by atoms with Gasteiger partial charge in [0, 0.05) is 25.7 Å². The third-order valence-electron chi connectivity index (χ3n) is 10.5. The second-order valence-corrected chi connectivity index (χ2v) is 15.6. The zero-order valence-corrected chi connectivity index (χ0v) is 35.6. The number of carbonyl (C=O) groups excluding carboxylic acids is 5. The van der Waals surface area contributed by atoms with E-state index in [0.717, 1.165) is 5.56 Å². The topological polar surface area (TPSA) is 279 Å². The van der Waals surface area contributed by atoms with Crippen molar-refractivity contribution in [3.05, 3.63) is 149 Å². The van der Waals surface area contributed by atoms with Gasteiger partial charge in [0.1, 0.15) is 52.9 Å². The molecular weight excluding hydrogens is 837 g/mol. The van der Waals surface area contributed by atoms with Crippen LogP contribution in [0, 0.1) is 0 Å². The highest BCUT2D eigenvalue weighted by Crippen LogP contribution is 2.18. The summed E-state index contributed by atoms with van der Waals surface area (Å²) >= 11 is 0. The molecule has 0 spiro atoms. The van der Waals surface area contributed by atoms with Gasteiger partial charge in [0.15, 0.2) is 0 Å². The van der Waals surface area contributed by atoms with Gasteiger partial charge in [-0.15, -0.1) is 0 Å². The maximum absolute atomic E-state index is 14.5. The van der Waals surface area contributed by atoms with Gasteiger partial charge >= 0.3 is 0 Å². The van der Waals surface area contributed by atoms with E-state index < -0.39 is 59.7 Å². The Morgan fingerprint density at radius 1 is 0.369 bits per heavy atom. The van der Waals surface area contributed by atoms with Gasteiger partial charge < -0.3 is 52.1 Å². The second-order valence-electron chi connectivity index (χ2n) is 15.6. The van der Waals surface area contributed by atoms with Crippen molar-refractivity contribution in [3.63, 3.8) is 0 Å². The summed E-state index contributed by atoms with van der Waals surface area (Å²) in [6.07, 6.45) is 0.429. The van der Waals surface area contributed by atoms with E-state index in [4.69, 9.17) is 0 Å². The van der Waals surface area contributed by atoms with Crippen molar-refractivity contribution in [2.45, 2.75) is 75.7 Å². The molecule has 12 N–H and O–H groups in total. The predicted molar refractivity (Wildman–Crippen MR) is 239 cm³/mol. The number of hydrogen-bond acceptors (Lipinski definition) is 12. The first-order valence-electron chi connectivity index (χ1n) is 21.0. The number of carbonyl (C=O) groups is 5. The molecule has 65 heavy (non-hydrogen) atoms. The highest BCUT2D eigenvalue weighted by molar-refractivity contribution is 5.96. The monoisotopic (exact) mass is 890 g/mol. The van der Waals surface area contributed by atoms with E-state index in [9.17, 15) is 54.7 Å². The number of rotatable bonds is 22. The van der Waals surface area contributed by atoms with E-state index in [1.165, 1.54) is 84.9 Å². The summed E-state index contributed by atoms with van der Waals surface area (Å²) in [4.78, 5) is 70.1. The van der Waals surface area contributed by atoms with Gasteiger partial charge in [-0.1, -0.05) is 67.6 Å². The van der Waals surface area contributed by atoms with Gasteiger partial charge in [-0.25, -0.2) is 5.48 Å². The molecule has 0 aliphatic rings. The third kappa shape index (κ3) is 15.3. The average Bonchev–Trinajstić information content (AvgIpc) is 3.29. The number of hydrogen-bond donors (Lipinski definition) is 12. The Morgan fingerprint density at radius 3 is 0.815 bits per heavy atom. The van der Waals surface area contributed by atoms with E-state index in [-0.39, 0.29) is 60.9 Å². The Bertz CT molecular complexity index is 2340. The lowest BCUT2D eigenvalue weighted by Gasteiger charge is -2.27. The molecule has 5 atom stereocenters. The Balaban J connectivity index is 1.45. The number of amides is 5. The summed E-state index contributed by atoms with van der Waals surface area (Å²) < 4.78 is 0. The standard InChI is InChI=1S/C48H54N6O11/c1-2-23-49-39(24-29-3-13-34(55)14-4-29)44(60)50-40(25-30-5-15-35(56)16-6-30)45(61)51-41(26-31-7-17-36(57)18-8-31)46(62)52-42(27-32-9-19-37(58)20-10-32)47(63)53-43(48(64)54-65)28-33-11-21-38(59)22-12-33/h3-22,39-43,49,55-59,65H,2,23-28H2,1H3,(H,50,60)(H,51,61)(H,52,62)(H,53,63)(H,54,64)/t39-,40-,41-,42-,43-/m0/s1. The van der Waals surface area contributed by atoms with Crippen molar-refractivity contribution >= 4 is 29.5 Å². The van der Waals surface area contributed by atoms with Gasteiger partial charge in [-0.3, -0.25) is 29.2 Å². The van der Waals surface area contributed by atoms with Gasteiger partial charge in [-0.2, -0.15) is 0 Å². The van der Waals surface area contributed by atoms with Crippen LogP contribution in [0.3, 0.4) is 0 Å². The van der Waals surface area contributed by atoms with E-state index >= 15 is 0 Å². The quantitative estimate of drug-likeness (QED) is 0.0353. The SMILES string of the molecule is CCCN[C@@H](Cc1ccc(O)cc1)C(=O)N[C@@H](Cc1ccc(O)cc1)C(=O)N[C@@H](Cc1ccc(O)cc1)C(=O)N[C@@H](Cc1ccc(O)cc1)C(=O)N[C@@H](Cc1ccc(O)cc1)C(=O)NO. The largest absolute Gasteiger partial charge is 0.508 e. The van der Waals surface area contributed by atoms with Gasteiger partial charge in [0.25, 0.3) is 5.91 Å². The highest BCUT2D eigenvalue weighted by Gasteiger charge is 2.33. The van der Waals surface area contributed by atoms with E-state index in [1.807, 2.05) is 6.92 Å². The maximum atomic E-state index is 14.5. The molecule has 17 nitrogen and oxygen atoms in total. The predicted octanol–water partition coefficient (Wildman–Crippen LogP) is 2.54. The molecule has 0 aromatic heterocycles. The van der Waals surface area contributed by atoms with Crippen LogP contribution in [-0.4, -0.2) is 97.0 Å².